The summed E-state index contributed by atoms with van der Waals surface area (Å²) in [5.74, 6) is -1.44. The van der Waals surface area contributed by atoms with E-state index >= 15 is 0 Å². The molecule has 1 saturated heterocycles. The molecular weight excluding hydrogens is 378 g/mol. The van der Waals surface area contributed by atoms with E-state index in [1.807, 2.05) is 0 Å². The second-order valence-corrected chi connectivity index (χ2v) is 7.59. The van der Waals surface area contributed by atoms with Gasteiger partial charge in [0.25, 0.3) is 0 Å². The molecule has 28 heavy (non-hydrogen) atoms. The molecule has 1 aliphatic carbocycles. The third kappa shape index (κ3) is 3.39. The Morgan fingerprint density at radius 2 is 2.00 bits per heavy atom. The van der Waals surface area contributed by atoms with Crippen molar-refractivity contribution in [1.29, 1.82) is 0 Å². The lowest BCUT2D eigenvalue weighted by atomic mass is 9.72. The van der Waals surface area contributed by atoms with Gasteiger partial charge in [-0.1, -0.05) is 6.08 Å². The largest absolute Gasteiger partial charge is 0.505 e. The normalized spacial score (nSPS) is 32.5. The van der Waals surface area contributed by atoms with E-state index in [1.54, 1.807) is 6.08 Å². The molecule has 0 bridgehead atoms. The van der Waals surface area contributed by atoms with E-state index in [-0.39, 0.29) is 36.7 Å². The highest BCUT2D eigenvalue weighted by Crippen LogP contribution is 2.49. The van der Waals surface area contributed by atoms with Crippen molar-refractivity contribution in [3.63, 3.8) is 0 Å². The molecule has 3 aliphatic rings. The molecule has 8 heteroatoms. The van der Waals surface area contributed by atoms with Crippen molar-refractivity contribution in [2.24, 2.45) is 11.8 Å². The number of alkyl halides is 3. The fourth-order valence-electron chi connectivity index (χ4n) is 4.46. The fourth-order valence-corrected chi connectivity index (χ4v) is 4.46. The van der Waals surface area contributed by atoms with Gasteiger partial charge in [0, 0.05) is 35.5 Å². The molecule has 4 rings (SSSR count). The van der Waals surface area contributed by atoms with Crippen LogP contribution in [0.5, 0.6) is 0 Å². The molecule has 152 valence electrons. The first-order valence-corrected chi connectivity index (χ1v) is 9.27. The average molecular weight is 399 g/mol. The van der Waals surface area contributed by atoms with Gasteiger partial charge >= 0.3 is 6.18 Å². The van der Waals surface area contributed by atoms with E-state index in [0.717, 1.165) is 12.1 Å². The van der Waals surface area contributed by atoms with Crippen LogP contribution in [0.25, 0.3) is 0 Å². The Balaban J connectivity index is 1.71. The Labute approximate surface area is 159 Å². The number of rotatable bonds is 2. The summed E-state index contributed by atoms with van der Waals surface area (Å²) < 4.78 is 59.5. The van der Waals surface area contributed by atoms with Crippen molar-refractivity contribution >= 4 is 5.69 Å². The summed E-state index contributed by atoms with van der Waals surface area (Å²) in [7, 11) is 0. The highest BCUT2D eigenvalue weighted by Gasteiger charge is 2.45. The van der Waals surface area contributed by atoms with Crippen LogP contribution in [0.2, 0.25) is 0 Å². The predicted molar refractivity (Wildman–Crippen MR) is 94.3 cm³/mol. The van der Waals surface area contributed by atoms with Gasteiger partial charge in [0.05, 0.1) is 24.4 Å². The number of halogens is 4. The van der Waals surface area contributed by atoms with Crippen LogP contribution in [-0.4, -0.2) is 29.0 Å². The Hall–Kier alpha value is -2.06. The first-order chi connectivity index (χ1) is 13.3. The minimum atomic E-state index is -4.47. The van der Waals surface area contributed by atoms with E-state index < -0.39 is 29.8 Å². The Morgan fingerprint density at radius 1 is 1.21 bits per heavy atom. The van der Waals surface area contributed by atoms with Crippen molar-refractivity contribution in [2.75, 3.05) is 11.9 Å². The molecule has 2 unspecified atom stereocenters. The van der Waals surface area contributed by atoms with Gasteiger partial charge in [0.1, 0.15) is 11.6 Å². The lowest BCUT2D eigenvalue weighted by molar-refractivity contribution is -0.138. The first-order valence-electron chi connectivity index (χ1n) is 9.27. The van der Waals surface area contributed by atoms with Crippen molar-refractivity contribution in [3.05, 3.63) is 53.1 Å². The zero-order valence-electron chi connectivity index (χ0n) is 14.9. The summed E-state index contributed by atoms with van der Waals surface area (Å²) in [6.07, 6.45) is -1.26. The van der Waals surface area contributed by atoms with E-state index in [0.29, 0.717) is 24.1 Å². The molecule has 2 aliphatic heterocycles. The summed E-state index contributed by atoms with van der Waals surface area (Å²) in [5.41, 5.74) is 0.176. The van der Waals surface area contributed by atoms with Crippen LogP contribution in [-0.2, 0) is 10.9 Å². The molecule has 0 amide bonds. The van der Waals surface area contributed by atoms with Gasteiger partial charge in [-0.2, -0.15) is 13.2 Å². The second-order valence-electron chi connectivity index (χ2n) is 7.59. The Morgan fingerprint density at radius 3 is 2.68 bits per heavy atom. The van der Waals surface area contributed by atoms with Crippen LogP contribution in [0.3, 0.4) is 0 Å². The molecule has 1 fully saturated rings. The van der Waals surface area contributed by atoms with Crippen LogP contribution in [0.1, 0.15) is 36.5 Å². The predicted octanol–water partition coefficient (Wildman–Crippen LogP) is 4.64. The number of aliphatic hydroxyl groups excluding tert-OH is 2. The number of ether oxygens (including phenoxy) is 1. The van der Waals surface area contributed by atoms with Gasteiger partial charge in [-0.15, -0.1) is 0 Å². The van der Waals surface area contributed by atoms with Crippen LogP contribution in [0.4, 0.5) is 23.2 Å². The van der Waals surface area contributed by atoms with Crippen LogP contribution >= 0.6 is 0 Å². The van der Waals surface area contributed by atoms with E-state index in [9.17, 15) is 27.8 Å². The lowest BCUT2D eigenvalue weighted by Crippen LogP contribution is -2.47. The SMILES string of the molecule is OCC1CC[C@@H]2[C@H](O1)c1cc(C(F)(F)F)ccc1N[C@H]2C1C=CC(O)=C(F)C1. The zero-order chi connectivity index (χ0) is 20.1. The number of anilines is 1. The maximum Gasteiger partial charge on any atom is 0.416 e. The summed E-state index contributed by atoms with van der Waals surface area (Å²) in [4.78, 5) is 0. The van der Waals surface area contributed by atoms with Gasteiger partial charge in [0.15, 0.2) is 0 Å². The summed E-state index contributed by atoms with van der Waals surface area (Å²) >= 11 is 0. The van der Waals surface area contributed by atoms with E-state index in [4.69, 9.17) is 4.74 Å². The third-order valence-electron chi connectivity index (χ3n) is 5.88. The van der Waals surface area contributed by atoms with Gasteiger partial charge < -0.3 is 20.3 Å². The molecule has 5 atom stereocenters. The minimum Gasteiger partial charge on any atom is -0.505 e. The average Bonchev–Trinajstić information content (AvgIpc) is 2.68. The summed E-state index contributed by atoms with van der Waals surface area (Å²) in [6, 6.07) is 3.23. The molecule has 4 nitrogen and oxygen atoms in total. The van der Waals surface area contributed by atoms with Crippen LogP contribution < -0.4 is 5.32 Å². The smallest absolute Gasteiger partial charge is 0.416 e. The number of hydrogen-bond acceptors (Lipinski definition) is 4. The second kappa shape index (κ2) is 7.08. The first kappa shape index (κ1) is 19.3. The number of aliphatic hydroxyl groups is 2. The van der Waals surface area contributed by atoms with Crippen molar-refractivity contribution in [3.8, 4) is 0 Å². The van der Waals surface area contributed by atoms with Gasteiger partial charge in [-0.25, -0.2) is 4.39 Å². The van der Waals surface area contributed by atoms with Gasteiger partial charge in [-0.05, 0) is 37.1 Å². The maximum atomic E-state index is 14.0. The minimum absolute atomic E-state index is 0.0165. The number of hydrogen-bond donors (Lipinski definition) is 3. The molecule has 0 spiro atoms. The molecule has 0 aromatic heterocycles. The molecule has 0 radical (unpaired) electrons. The monoisotopic (exact) mass is 399 g/mol. The number of benzene rings is 1. The molecule has 1 aromatic rings. The highest BCUT2D eigenvalue weighted by atomic mass is 19.4. The van der Waals surface area contributed by atoms with Crippen LogP contribution in [0.15, 0.2) is 41.9 Å². The van der Waals surface area contributed by atoms with Crippen molar-refractivity contribution < 1.29 is 32.5 Å². The number of allylic oxidation sites excluding steroid dienone is 2. The van der Waals surface area contributed by atoms with Crippen molar-refractivity contribution in [2.45, 2.75) is 43.7 Å². The van der Waals surface area contributed by atoms with E-state index in [1.165, 1.54) is 12.1 Å². The topological polar surface area (TPSA) is 61.7 Å². The number of nitrogens with one attached hydrogen (secondary N) is 1. The Bertz CT molecular complexity index is 820. The quantitative estimate of drug-likeness (QED) is 0.634. The molecule has 1 aromatic carbocycles. The summed E-state index contributed by atoms with van der Waals surface area (Å²) in [6.45, 7) is -0.204. The lowest BCUT2D eigenvalue weighted by Gasteiger charge is -2.47. The van der Waals surface area contributed by atoms with E-state index in [2.05, 4.69) is 5.32 Å². The zero-order valence-corrected chi connectivity index (χ0v) is 14.9. The standard InChI is InChI=1S/C20H21F4NO3/c21-15-7-10(1-6-17(15)27)18-13-4-3-12(9-26)28-19(13)14-8-11(20(22,23)24)2-5-16(14)25-18/h1-2,5-6,8,10,12-13,18-19,25-27H,3-4,7,9H2/t10?,12?,13-,18-,19-/m0/s1. The van der Waals surface area contributed by atoms with Crippen LogP contribution in [0, 0.1) is 11.8 Å². The number of fused-ring (bicyclic) bond motifs is 3. The van der Waals surface area contributed by atoms with Gasteiger partial charge in [-0.3, -0.25) is 0 Å². The van der Waals surface area contributed by atoms with Crippen molar-refractivity contribution in [1.82, 2.24) is 0 Å². The highest BCUT2D eigenvalue weighted by molar-refractivity contribution is 5.58. The Kier molecular flexibility index (Phi) is 4.87. The fraction of sp³-hybridized carbons (Fsp3) is 0.500. The molecular formula is C20H21F4NO3. The summed E-state index contributed by atoms with van der Waals surface area (Å²) in [5, 5.41) is 22.3. The molecule has 3 N–H and O–H groups in total. The molecule has 2 heterocycles. The maximum absolute atomic E-state index is 14.0. The third-order valence-corrected chi connectivity index (χ3v) is 5.88. The molecule has 0 saturated carbocycles. The van der Waals surface area contributed by atoms with Gasteiger partial charge in [0.2, 0.25) is 0 Å².